The van der Waals surface area contributed by atoms with Crippen molar-refractivity contribution in [2.45, 2.75) is 4.90 Å². The molecule has 1 aromatic heterocycles. The predicted octanol–water partition coefficient (Wildman–Crippen LogP) is 1.67. The first kappa shape index (κ1) is 10.8. The van der Waals surface area contributed by atoms with E-state index in [-0.39, 0.29) is 0 Å². The molecule has 84 valence electrons. The second-order valence-corrected chi connectivity index (χ2v) is 5.66. The van der Waals surface area contributed by atoms with Crippen molar-refractivity contribution < 1.29 is 8.42 Å². The van der Waals surface area contributed by atoms with Crippen molar-refractivity contribution in [1.29, 1.82) is 0 Å². The van der Waals surface area contributed by atoms with Crippen LogP contribution in [0.4, 0.5) is 5.69 Å². The average Bonchev–Trinajstić information content (AvgIpc) is 2.64. The molecule has 4 nitrogen and oxygen atoms in total. The second kappa shape index (κ2) is 3.68. The lowest BCUT2D eigenvalue weighted by Crippen LogP contribution is -1.96. The topological polar surface area (TPSA) is 75.9 Å². The molecule has 1 heterocycles. The van der Waals surface area contributed by atoms with E-state index in [4.69, 9.17) is 5.73 Å². The molecule has 0 spiro atoms. The molecule has 2 aromatic rings. The van der Waals surface area contributed by atoms with E-state index < -0.39 is 9.84 Å². The van der Waals surface area contributed by atoms with Crippen LogP contribution in [0.5, 0.6) is 0 Å². The first-order valence-corrected chi connectivity index (χ1v) is 6.60. The lowest BCUT2D eigenvalue weighted by molar-refractivity contribution is 0.602. The van der Waals surface area contributed by atoms with Gasteiger partial charge in [0.1, 0.15) is 0 Å². The molecule has 0 unspecified atom stereocenters. The second-order valence-electron chi connectivity index (χ2n) is 3.64. The van der Waals surface area contributed by atoms with E-state index in [2.05, 4.69) is 4.98 Å². The molecule has 2 rings (SSSR count). The van der Waals surface area contributed by atoms with E-state index in [1.165, 1.54) is 6.26 Å². The molecule has 0 aliphatic heterocycles. The van der Waals surface area contributed by atoms with Gasteiger partial charge >= 0.3 is 0 Å². The highest BCUT2D eigenvalue weighted by Gasteiger charge is 2.07. The monoisotopic (exact) mass is 236 g/mol. The average molecular weight is 236 g/mol. The normalized spacial score (nSPS) is 11.6. The summed E-state index contributed by atoms with van der Waals surface area (Å²) in [5.74, 6) is 0. The summed E-state index contributed by atoms with van der Waals surface area (Å²) in [5, 5.41) is 0. The predicted molar refractivity (Wildman–Crippen MR) is 63.8 cm³/mol. The fourth-order valence-corrected chi connectivity index (χ4v) is 2.09. The Morgan fingerprint density at radius 2 is 1.81 bits per heavy atom. The van der Waals surface area contributed by atoms with Crippen LogP contribution in [0.1, 0.15) is 0 Å². The number of aromatic nitrogens is 1. The van der Waals surface area contributed by atoms with Crippen LogP contribution >= 0.6 is 0 Å². The molecule has 0 aliphatic carbocycles. The molecule has 16 heavy (non-hydrogen) atoms. The van der Waals surface area contributed by atoms with Crippen LogP contribution in [0, 0.1) is 0 Å². The molecule has 0 fully saturated rings. The summed E-state index contributed by atoms with van der Waals surface area (Å²) < 4.78 is 22.5. The summed E-state index contributed by atoms with van der Waals surface area (Å²) in [4.78, 5) is 3.32. The van der Waals surface area contributed by atoms with Crippen LogP contribution in [0.2, 0.25) is 0 Å². The minimum absolute atomic E-state index is 0.316. The Kier molecular flexibility index (Phi) is 2.47. The van der Waals surface area contributed by atoms with E-state index in [0.29, 0.717) is 10.6 Å². The first-order chi connectivity index (χ1) is 7.47. The van der Waals surface area contributed by atoms with E-state index in [1.807, 2.05) is 0 Å². The Morgan fingerprint density at radius 3 is 2.25 bits per heavy atom. The Hall–Kier alpha value is -1.75. The summed E-state index contributed by atoms with van der Waals surface area (Å²) >= 11 is 0. The summed E-state index contributed by atoms with van der Waals surface area (Å²) in [7, 11) is -3.13. The molecular weight excluding hydrogens is 224 g/mol. The Labute approximate surface area is 94.0 Å². The molecular formula is C11H12N2O2S. The van der Waals surface area contributed by atoms with Gasteiger partial charge in [-0.2, -0.15) is 0 Å². The zero-order valence-corrected chi connectivity index (χ0v) is 9.58. The maximum atomic E-state index is 11.3. The third-order valence-electron chi connectivity index (χ3n) is 2.30. The van der Waals surface area contributed by atoms with Gasteiger partial charge in [-0.1, -0.05) is 12.1 Å². The van der Waals surface area contributed by atoms with Crippen molar-refractivity contribution >= 4 is 15.5 Å². The number of hydrogen-bond acceptors (Lipinski definition) is 3. The van der Waals surface area contributed by atoms with E-state index in [1.54, 1.807) is 36.5 Å². The molecule has 1 aromatic carbocycles. The summed E-state index contributed by atoms with van der Waals surface area (Å²) in [6.45, 7) is 0. The van der Waals surface area contributed by atoms with Crippen LogP contribution < -0.4 is 5.73 Å². The van der Waals surface area contributed by atoms with E-state index >= 15 is 0 Å². The molecule has 0 saturated carbocycles. The smallest absolute Gasteiger partial charge is 0.175 e. The van der Waals surface area contributed by atoms with Crippen LogP contribution in [0.15, 0.2) is 41.4 Å². The zero-order valence-electron chi connectivity index (χ0n) is 8.77. The van der Waals surface area contributed by atoms with Crippen molar-refractivity contribution in [2.75, 3.05) is 12.0 Å². The molecule has 0 amide bonds. The molecule has 0 atom stereocenters. The molecule has 0 aliphatic rings. The summed E-state index contributed by atoms with van der Waals surface area (Å²) in [6.07, 6.45) is 2.88. The molecule has 0 saturated heterocycles. The van der Waals surface area contributed by atoms with Gasteiger partial charge in [-0.15, -0.1) is 0 Å². The number of benzene rings is 1. The highest BCUT2D eigenvalue weighted by atomic mass is 32.2. The number of nitrogens with one attached hydrogen (secondary N) is 1. The minimum atomic E-state index is -3.13. The third kappa shape index (κ3) is 2.09. The van der Waals surface area contributed by atoms with Gasteiger partial charge in [0.05, 0.1) is 4.90 Å². The van der Waals surface area contributed by atoms with Crippen LogP contribution in [-0.2, 0) is 9.84 Å². The van der Waals surface area contributed by atoms with Crippen molar-refractivity contribution in [3.8, 4) is 11.3 Å². The minimum Gasteiger partial charge on any atom is -0.397 e. The fourth-order valence-electron chi connectivity index (χ4n) is 1.46. The van der Waals surface area contributed by atoms with Crippen LogP contribution in [0.3, 0.4) is 0 Å². The SMILES string of the molecule is CS(=O)(=O)c1ccc(-c2cc(N)c[nH]2)cc1. The van der Waals surface area contributed by atoms with Gasteiger partial charge in [0, 0.05) is 23.8 Å². The maximum absolute atomic E-state index is 11.3. The lowest BCUT2D eigenvalue weighted by Gasteiger charge is -2.00. The van der Waals surface area contributed by atoms with Gasteiger partial charge < -0.3 is 10.7 Å². The number of rotatable bonds is 2. The highest BCUT2D eigenvalue weighted by molar-refractivity contribution is 7.90. The van der Waals surface area contributed by atoms with E-state index in [9.17, 15) is 8.42 Å². The van der Waals surface area contributed by atoms with Crippen LogP contribution in [-0.4, -0.2) is 19.7 Å². The Morgan fingerprint density at radius 1 is 1.19 bits per heavy atom. The van der Waals surface area contributed by atoms with Gasteiger partial charge in [0.15, 0.2) is 9.84 Å². The number of aromatic amines is 1. The number of nitrogen functional groups attached to an aromatic ring is 1. The van der Waals surface area contributed by atoms with Gasteiger partial charge in [-0.3, -0.25) is 0 Å². The Bertz CT molecular complexity index is 597. The maximum Gasteiger partial charge on any atom is 0.175 e. The number of sulfone groups is 1. The van der Waals surface area contributed by atoms with Gasteiger partial charge in [0.25, 0.3) is 0 Å². The zero-order chi connectivity index (χ0) is 11.8. The highest BCUT2D eigenvalue weighted by Crippen LogP contribution is 2.21. The largest absolute Gasteiger partial charge is 0.397 e. The summed E-state index contributed by atoms with van der Waals surface area (Å²) in [5.41, 5.74) is 8.02. The van der Waals surface area contributed by atoms with Crippen molar-refractivity contribution in [1.82, 2.24) is 4.98 Å². The number of hydrogen-bond donors (Lipinski definition) is 2. The van der Waals surface area contributed by atoms with Crippen molar-refractivity contribution in [3.63, 3.8) is 0 Å². The summed E-state index contributed by atoms with van der Waals surface area (Å²) in [6, 6.07) is 8.47. The number of nitrogens with two attached hydrogens (primary N) is 1. The van der Waals surface area contributed by atoms with Crippen molar-refractivity contribution in [2.24, 2.45) is 0 Å². The van der Waals surface area contributed by atoms with Gasteiger partial charge in [-0.25, -0.2) is 8.42 Å². The Balaban J connectivity index is 2.40. The number of H-pyrrole nitrogens is 1. The first-order valence-electron chi connectivity index (χ1n) is 4.71. The van der Waals surface area contributed by atoms with Crippen molar-refractivity contribution in [3.05, 3.63) is 36.5 Å². The molecule has 3 N–H and O–H groups in total. The third-order valence-corrected chi connectivity index (χ3v) is 3.43. The van der Waals surface area contributed by atoms with E-state index in [0.717, 1.165) is 11.3 Å². The van der Waals surface area contributed by atoms with Crippen LogP contribution in [0.25, 0.3) is 11.3 Å². The van der Waals surface area contributed by atoms with Gasteiger partial charge in [-0.05, 0) is 23.8 Å². The molecule has 5 heteroatoms. The lowest BCUT2D eigenvalue weighted by atomic mass is 10.1. The number of anilines is 1. The quantitative estimate of drug-likeness (QED) is 0.832. The standard InChI is InChI=1S/C11H12N2O2S/c1-16(14,15)10-4-2-8(3-5-10)11-6-9(12)7-13-11/h2-7,13H,12H2,1H3. The fraction of sp³-hybridized carbons (Fsp3) is 0.0909. The van der Waals surface area contributed by atoms with Gasteiger partial charge in [0.2, 0.25) is 0 Å². The molecule has 0 radical (unpaired) electrons. The molecule has 0 bridgehead atoms.